The van der Waals surface area contributed by atoms with Crippen LogP contribution in [-0.2, 0) is 17.6 Å². The van der Waals surface area contributed by atoms with Crippen LogP contribution in [0.25, 0.3) is 0 Å². The number of carbonyl (C=O) groups is 1. The number of halogens is 1. The number of nitrogens with zero attached hydrogens (tertiary/aromatic N) is 2. The molecule has 2 aromatic carbocycles. The molecule has 1 saturated heterocycles. The zero-order valence-electron chi connectivity index (χ0n) is 18.1. The molecule has 1 atom stereocenters. The van der Waals surface area contributed by atoms with Gasteiger partial charge in [-0.15, -0.1) is 0 Å². The number of aryl methyl sites for hydroxylation is 1. The number of methoxy groups -OCH3 is 1. The van der Waals surface area contributed by atoms with Gasteiger partial charge in [0.05, 0.1) is 7.11 Å². The first-order valence-corrected chi connectivity index (χ1v) is 10.9. The number of benzene rings is 2. The van der Waals surface area contributed by atoms with Gasteiger partial charge in [0.15, 0.2) is 0 Å². The van der Waals surface area contributed by atoms with Gasteiger partial charge >= 0.3 is 0 Å². The summed E-state index contributed by atoms with van der Waals surface area (Å²) >= 11 is 0. The third-order valence-electron chi connectivity index (χ3n) is 5.98. The molecule has 0 spiro atoms. The van der Waals surface area contributed by atoms with Crippen molar-refractivity contribution >= 4 is 5.91 Å². The van der Waals surface area contributed by atoms with Gasteiger partial charge in [0.2, 0.25) is 5.91 Å². The summed E-state index contributed by atoms with van der Waals surface area (Å²) in [4.78, 5) is 17.0. The summed E-state index contributed by atoms with van der Waals surface area (Å²) in [7, 11) is 3.58. The van der Waals surface area contributed by atoms with E-state index in [0.717, 1.165) is 50.3 Å². The Balaban J connectivity index is 1.40. The molecule has 0 aliphatic carbocycles. The molecular weight excluding hydrogens is 379 g/mol. The number of ether oxygens (including phenoxy) is 1. The fourth-order valence-electron chi connectivity index (χ4n) is 4.17. The van der Waals surface area contributed by atoms with Gasteiger partial charge < -0.3 is 14.5 Å². The summed E-state index contributed by atoms with van der Waals surface area (Å²) in [6.07, 6.45) is 4.56. The summed E-state index contributed by atoms with van der Waals surface area (Å²) in [6, 6.07) is 14.7. The molecule has 30 heavy (non-hydrogen) atoms. The number of rotatable bonds is 9. The standard InChI is InChI=1S/C25H33FN2O2/c1-27(25(29)14-9-20-7-12-24(30-2)13-8-20)18-22-4-3-16-28(19-22)17-15-21-5-10-23(26)11-6-21/h5-8,10-13,22H,3-4,9,14-19H2,1-2H3/t22-/m0/s1. The average Bonchev–Trinajstić information content (AvgIpc) is 2.77. The summed E-state index contributed by atoms with van der Waals surface area (Å²) in [5.74, 6) is 1.37. The summed E-state index contributed by atoms with van der Waals surface area (Å²) < 4.78 is 18.2. The van der Waals surface area contributed by atoms with Gasteiger partial charge in [-0.25, -0.2) is 4.39 Å². The highest BCUT2D eigenvalue weighted by molar-refractivity contribution is 5.76. The van der Waals surface area contributed by atoms with Crippen LogP contribution in [-0.4, -0.2) is 56.0 Å². The van der Waals surface area contributed by atoms with E-state index in [-0.39, 0.29) is 11.7 Å². The summed E-state index contributed by atoms with van der Waals surface area (Å²) in [5, 5.41) is 0. The number of amides is 1. The summed E-state index contributed by atoms with van der Waals surface area (Å²) in [6.45, 7) is 3.93. The second-order valence-corrected chi connectivity index (χ2v) is 8.31. The van der Waals surface area contributed by atoms with Crippen molar-refractivity contribution < 1.29 is 13.9 Å². The molecule has 5 heteroatoms. The molecule has 0 aromatic heterocycles. The largest absolute Gasteiger partial charge is 0.497 e. The highest BCUT2D eigenvalue weighted by atomic mass is 19.1. The van der Waals surface area contributed by atoms with Crippen molar-refractivity contribution in [2.75, 3.05) is 40.3 Å². The highest BCUT2D eigenvalue weighted by Gasteiger charge is 2.22. The van der Waals surface area contributed by atoms with Crippen molar-refractivity contribution in [3.05, 3.63) is 65.5 Å². The third-order valence-corrected chi connectivity index (χ3v) is 5.98. The maximum atomic E-state index is 13.1. The predicted octanol–water partition coefficient (Wildman–Crippen LogP) is 4.18. The smallest absolute Gasteiger partial charge is 0.222 e. The molecule has 2 aromatic rings. The molecule has 0 saturated carbocycles. The van der Waals surface area contributed by atoms with Crippen molar-refractivity contribution in [1.82, 2.24) is 9.80 Å². The van der Waals surface area contributed by atoms with Crippen LogP contribution in [0.15, 0.2) is 48.5 Å². The van der Waals surface area contributed by atoms with E-state index in [1.54, 1.807) is 7.11 Å². The van der Waals surface area contributed by atoms with E-state index in [1.165, 1.54) is 30.5 Å². The van der Waals surface area contributed by atoms with Crippen LogP contribution in [0.3, 0.4) is 0 Å². The zero-order chi connectivity index (χ0) is 21.3. The van der Waals surface area contributed by atoms with Gasteiger partial charge in [0.25, 0.3) is 0 Å². The van der Waals surface area contributed by atoms with E-state index in [0.29, 0.717) is 12.3 Å². The normalized spacial score (nSPS) is 17.0. The van der Waals surface area contributed by atoms with Crippen LogP contribution in [0.2, 0.25) is 0 Å². The first-order chi connectivity index (χ1) is 14.5. The minimum Gasteiger partial charge on any atom is -0.497 e. The van der Waals surface area contributed by atoms with E-state index in [4.69, 9.17) is 4.74 Å². The third kappa shape index (κ3) is 6.84. The van der Waals surface area contributed by atoms with Crippen molar-refractivity contribution in [3.63, 3.8) is 0 Å². The van der Waals surface area contributed by atoms with Gasteiger partial charge in [-0.3, -0.25) is 4.79 Å². The fourth-order valence-corrected chi connectivity index (χ4v) is 4.17. The van der Waals surface area contributed by atoms with Crippen LogP contribution in [0.1, 0.15) is 30.4 Å². The monoisotopic (exact) mass is 412 g/mol. The molecule has 0 N–H and O–H groups in total. The Hall–Kier alpha value is -2.40. The van der Waals surface area contributed by atoms with E-state index >= 15 is 0 Å². The van der Waals surface area contributed by atoms with Crippen LogP contribution in [0, 0.1) is 11.7 Å². The summed E-state index contributed by atoms with van der Waals surface area (Å²) in [5.41, 5.74) is 2.33. The second kappa shape index (κ2) is 11.1. The lowest BCUT2D eigenvalue weighted by Crippen LogP contribution is -2.42. The lowest BCUT2D eigenvalue weighted by atomic mass is 9.97. The molecule has 3 rings (SSSR count). The topological polar surface area (TPSA) is 32.8 Å². The average molecular weight is 413 g/mol. The minimum absolute atomic E-state index is 0.184. The lowest BCUT2D eigenvalue weighted by Gasteiger charge is -2.34. The van der Waals surface area contributed by atoms with E-state index in [1.807, 2.05) is 48.3 Å². The highest BCUT2D eigenvalue weighted by Crippen LogP contribution is 2.19. The van der Waals surface area contributed by atoms with Crippen molar-refractivity contribution in [3.8, 4) is 5.75 Å². The molecule has 1 heterocycles. The van der Waals surface area contributed by atoms with Crippen molar-refractivity contribution in [1.29, 1.82) is 0 Å². The Labute approximate surface area is 179 Å². The molecule has 1 fully saturated rings. The first kappa shape index (κ1) is 22.3. The molecule has 1 aliphatic rings. The Morgan fingerprint density at radius 2 is 1.77 bits per heavy atom. The molecule has 0 radical (unpaired) electrons. The number of piperidine rings is 1. The molecule has 0 unspecified atom stereocenters. The van der Waals surface area contributed by atoms with Gasteiger partial charge in [0, 0.05) is 33.1 Å². The van der Waals surface area contributed by atoms with E-state index in [9.17, 15) is 9.18 Å². The molecule has 0 bridgehead atoms. The predicted molar refractivity (Wildman–Crippen MR) is 118 cm³/mol. The zero-order valence-corrected chi connectivity index (χ0v) is 18.1. The maximum Gasteiger partial charge on any atom is 0.222 e. The first-order valence-electron chi connectivity index (χ1n) is 10.9. The lowest BCUT2D eigenvalue weighted by molar-refractivity contribution is -0.130. The van der Waals surface area contributed by atoms with Crippen LogP contribution >= 0.6 is 0 Å². The van der Waals surface area contributed by atoms with E-state index in [2.05, 4.69) is 4.90 Å². The van der Waals surface area contributed by atoms with E-state index < -0.39 is 0 Å². The van der Waals surface area contributed by atoms with Gasteiger partial charge in [-0.2, -0.15) is 0 Å². The van der Waals surface area contributed by atoms with Crippen molar-refractivity contribution in [2.24, 2.45) is 5.92 Å². The molecule has 1 amide bonds. The Morgan fingerprint density at radius 1 is 1.10 bits per heavy atom. The fraction of sp³-hybridized carbons (Fsp3) is 0.480. The number of carbonyl (C=O) groups excluding carboxylic acids is 1. The molecule has 1 aliphatic heterocycles. The van der Waals surface area contributed by atoms with Gasteiger partial charge in [-0.1, -0.05) is 24.3 Å². The molecular formula is C25H33FN2O2. The maximum absolute atomic E-state index is 13.1. The van der Waals surface area contributed by atoms with Crippen molar-refractivity contribution in [2.45, 2.75) is 32.1 Å². The van der Waals surface area contributed by atoms with Crippen LogP contribution in [0.4, 0.5) is 4.39 Å². The SMILES string of the molecule is COc1ccc(CCC(=O)N(C)C[C@@H]2CCCN(CCc3ccc(F)cc3)C2)cc1. The number of likely N-dealkylation sites (tertiary alicyclic amines) is 1. The molecule has 4 nitrogen and oxygen atoms in total. The Morgan fingerprint density at radius 3 is 2.47 bits per heavy atom. The van der Waals surface area contributed by atoms with Crippen LogP contribution in [0.5, 0.6) is 5.75 Å². The number of hydrogen-bond donors (Lipinski definition) is 0. The van der Waals surface area contributed by atoms with Crippen LogP contribution < -0.4 is 4.74 Å². The quantitative estimate of drug-likeness (QED) is 0.619. The number of hydrogen-bond acceptors (Lipinski definition) is 3. The Bertz CT molecular complexity index is 792. The van der Waals surface area contributed by atoms with Gasteiger partial charge in [0.1, 0.15) is 11.6 Å². The Kier molecular flexibility index (Phi) is 8.26. The van der Waals surface area contributed by atoms with Gasteiger partial charge in [-0.05, 0) is 73.5 Å². The second-order valence-electron chi connectivity index (χ2n) is 8.31. The molecule has 162 valence electrons. The minimum atomic E-state index is -0.184.